The van der Waals surface area contributed by atoms with Crippen LogP contribution >= 0.6 is 0 Å². The topological polar surface area (TPSA) is 104 Å². The maximum atomic E-state index is 13.4. The second-order valence-electron chi connectivity index (χ2n) is 10.1. The van der Waals surface area contributed by atoms with E-state index in [4.69, 9.17) is 0 Å². The van der Waals surface area contributed by atoms with E-state index in [0.29, 0.717) is 23.4 Å². The molecule has 1 unspecified atom stereocenters. The monoisotopic (exact) mass is 447 g/mol. The van der Waals surface area contributed by atoms with Crippen molar-refractivity contribution in [2.75, 3.05) is 12.4 Å². The zero-order valence-corrected chi connectivity index (χ0v) is 19.3. The lowest BCUT2D eigenvalue weighted by Gasteiger charge is -2.55. The molecular formula is C23H33N3O4S. The Morgan fingerprint density at radius 1 is 0.968 bits per heavy atom. The van der Waals surface area contributed by atoms with E-state index in [1.165, 1.54) is 38.4 Å². The molecule has 4 saturated carbocycles. The average Bonchev–Trinajstić information content (AvgIpc) is 2.70. The fraction of sp³-hybridized carbons (Fsp3) is 0.652. The third-order valence-electron chi connectivity index (χ3n) is 7.46. The molecule has 31 heavy (non-hydrogen) atoms. The third kappa shape index (κ3) is 4.37. The Morgan fingerprint density at radius 2 is 1.48 bits per heavy atom. The fourth-order valence-corrected chi connectivity index (χ4v) is 7.00. The summed E-state index contributed by atoms with van der Waals surface area (Å²) in [4.78, 5) is 26.5. The van der Waals surface area contributed by atoms with Crippen molar-refractivity contribution in [3.63, 3.8) is 0 Å². The van der Waals surface area contributed by atoms with Crippen LogP contribution in [0, 0.1) is 29.1 Å². The SMILES string of the molecule is CNS(=O)(=O)c1ccc(NC(=O)C(NC(=O)C23CC4CC(CC(C4)C2)C3)C(C)C)cc1. The average molecular weight is 448 g/mol. The van der Waals surface area contributed by atoms with Crippen LogP contribution in [0.2, 0.25) is 0 Å². The standard InChI is InChI=1S/C23H33N3O4S/c1-14(2)20(21(27)25-18-4-6-19(7-5-18)31(29,30)24-3)26-22(28)23-11-15-8-16(12-23)10-17(9-15)13-23/h4-7,14-17,20,24H,8-13H2,1-3H3,(H,25,27)(H,26,28). The number of nitrogens with one attached hydrogen (secondary N) is 3. The molecule has 0 saturated heterocycles. The van der Waals surface area contributed by atoms with Crippen molar-refractivity contribution in [3.05, 3.63) is 24.3 Å². The van der Waals surface area contributed by atoms with Crippen LogP contribution in [0.3, 0.4) is 0 Å². The van der Waals surface area contributed by atoms with Crippen LogP contribution in [0.1, 0.15) is 52.4 Å². The molecule has 0 spiro atoms. The zero-order valence-electron chi connectivity index (χ0n) is 18.5. The normalized spacial score (nSPS) is 30.3. The quantitative estimate of drug-likeness (QED) is 0.598. The maximum Gasteiger partial charge on any atom is 0.247 e. The molecular weight excluding hydrogens is 414 g/mol. The van der Waals surface area contributed by atoms with Crippen molar-refractivity contribution < 1.29 is 18.0 Å². The molecule has 1 aromatic rings. The number of hydrogen-bond acceptors (Lipinski definition) is 4. The van der Waals surface area contributed by atoms with Gasteiger partial charge in [-0.1, -0.05) is 13.8 Å². The molecule has 4 bridgehead atoms. The van der Waals surface area contributed by atoms with Gasteiger partial charge in [0.05, 0.1) is 4.90 Å². The van der Waals surface area contributed by atoms with Gasteiger partial charge < -0.3 is 10.6 Å². The van der Waals surface area contributed by atoms with Gasteiger partial charge >= 0.3 is 0 Å². The summed E-state index contributed by atoms with van der Waals surface area (Å²) in [6.07, 6.45) is 6.66. The van der Waals surface area contributed by atoms with Crippen LogP contribution in [0.25, 0.3) is 0 Å². The summed E-state index contributed by atoms with van der Waals surface area (Å²) < 4.78 is 26.0. The highest BCUT2D eigenvalue weighted by molar-refractivity contribution is 7.89. The molecule has 1 aromatic carbocycles. The van der Waals surface area contributed by atoms with Crippen molar-refractivity contribution in [1.82, 2.24) is 10.0 Å². The van der Waals surface area contributed by atoms with Gasteiger partial charge in [-0.25, -0.2) is 13.1 Å². The highest BCUT2D eigenvalue weighted by atomic mass is 32.2. The van der Waals surface area contributed by atoms with Crippen molar-refractivity contribution in [3.8, 4) is 0 Å². The highest BCUT2D eigenvalue weighted by Gasteiger charge is 2.55. The number of anilines is 1. The third-order valence-corrected chi connectivity index (χ3v) is 8.89. The summed E-state index contributed by atoms with van der Waals surface area (Å²) in [5, 5.41) is 5.91. The van der Waals surface area contributed by atoms with Crippen molar-refractivity contribution >= 4 is 27.5 Å². The van der Waals surface area contributed by atoms with Gasteiger partial charge in [-0.3, -0.25) is 9.59 Å². The molecule has 7 nitrogen and oxygen atoms in total. The van der Waals surface area contributed by atoms with Crippen LogP contribution in [0.5, 0.6) is 0 Å². The fourth-order valence-electron chi connectivity index (χ4n) is 6.27. The molecule has 8 heteroatoms. The second-order valence-corrected chi connectivity index (χ2v) is 12.0. The summed E-state index contributed by atoms with van der Waals surface area (Å²) in [6, 6.07) is 5.36. The van der Waals surface area contributed by atoms with Gasteiger partial charge in [0.2, 0.25) is 21.8 Å². The van der Waals surface area contributed by atoms with Crippen LogP contribution in [0.4, 0.5) is 5.69 Å². The van der Waals surface area contributed by atoms with Crippen LogP contribution < -0.4 is 15.4 Å². The molecule has 0 aliphatic heterocycles. The lowest BCUT2D eigenvalue weighted by atomic mass is 9.49. The number of amides is 2. The van der Waals surface area contributed by atoms with Gasteiger partial charge in [-0.2, -0.15) is 0 Å². The lowest BCUT2D eigenvalue weighted by Crippen LogP contribution is -2.57. The number of carbonyl (C=O) groups is 2. The molecule has 0 radical (unpaired) electrons. The molecule has 4 aliphatic carbocycles. The largest absolute Gasteiger partial charge is 0.344 e. The summed E-state index contributed by atoms with van der Waals surface area (Å²) >= 11 is 0. The second kappa shape index (κ2) is 8.20. The minimum atomic E-state index is -3.53. The molecule has 170 valence electrons. The van der Waals surface area contributed by atoms with E-state index in [1.54, 1.807) is 12.1 Å². The van der Waals surface area contributed by atoms with Gasteiger partial charge in [0.15, 0.2) is 0 Å². The molecule has 5 rings (SSSR count). The van der Waals surface area contributed by atoms with Gasteiger partial charge in [-0.15, -0.1) is 0 Å². The van der Waals surface area contributed by atoms with E-state index in [9.17, 15) is 18.0 Å². The first kappa shape index (κ1) is 22.3. The van der Waals surface area contributed by atoms with Crippen LogP contribution in [-0.2, 0) is 19.6 Å². The minimum absolute atomic E-state index is 0.0379. The van der Waals surface area contributed by atoms with Crippen molar-refractivity contribution in [1.29, 1.82) is 0 Å². The number of carbonyl (C=O) groups excluding carboxylic acids is 2. The molecule has 2 amide bonds. The highest BCUT2D eigenvalue weighted by Crippen LogP contribution is 2.60. The van der Waals surface area contributed by atoms with E-state index < -0.39 is 16.1 Å². The number of hydrogen-bond donors (Lipinski definition) is 3. The Morgan fingerprint density at radius 3 is 1.94 bits per heavy atom. The first-order valence-corrected chi connectivity index (χ1v) is 12.8. The number of rotatable bonds is 7. The molecule has 1 atom stereocenters. The molecule has 4 aliphatic rings. The number of sulfonamides is 1. The Kier molecular flexibility index (Phi) is 5.89. The summed E-state index contributed by atoms with van der Waals surface area (Å²) in [5.41, 5.74) is 0.195. The predicted molar refractivity (Wildman–Crippen MR) is 119 cm³/mol. The molecule has 0 aromatic heterocycles. The van der Waals surface area contributed by atoms with E-state index in [0.717, 1.165) is 19.3 Å². The molecule has 3 N–H and O–H groups in total. The Hall–Kier alpha value is -1.93. The summed E-state index contributed by atoms with van der Waals surface area (Å²) in [5.74, 6) is 1.68. The summed E-state index contributed by atoms with van der Waals surface area (Å²) in [6.45, 7) is 3.85. The van der Waals surface area contributed by atoms with E-state index in [1.807, 2.05) is 13.8 Å². The Bertz CT molecular complexity index is 920. The zero-order chi connectivity index (χ0) is 22.4. The summed E-state index contributed by atoms with van der Waals surface area (Å²) in [7, 11) is -2.18. The van der Waals surface area contributed by atoms with Gasteiger partial charge in [0.1, 0.15) is 6.04 Å². The van der Waals surface area contributed by atoms with E-state index in [2.05, 4.69) is 15.4 Å². The molecule has 4 fully saturated rings. The Labute approximate surface area is 184 Å². The first-order valence-electron chi connectivity index (χ1n) is 11.3. The predicted octanol–water partition coefficient (Wildman–Crippen LogP) is 2.89. The van der Waals surface area contributed by atoms with Gasteiger partial charge in [0, 0.05) is 11.1 Å². The molecule has 0 heterocycles. The van der Waals surface area contributed by atoms with Crippen molar-refractivity contribution in [2.24, 2.45) is 29.1 Å². The van der Waals surface area contributed by atoms with Crippen LogP contribution in [-0.4, -0.2) is 33.3 Å². The van der Waals surface area contributed by atoms with Gasteiger partial charge in [-0.05, 0) is 93.5 Å². The maximum absolute atomic E-state index is 13.4. The minimum Gasteiger partial charge on any atom is -0.344 e. The van der Waals surface area contributed by atoms with Gasteiger partial charge in [0.25, 0.3) is 0 Å². The number of benzene rings is 1. The van der Waals surface area contributed by atoms with E-state index in [-0.39, 0.29) is 28.0 Å². The van der Waals surface area contributed by atoms with Crippen LogP contribution in [0.15, 0.2) is 29.2 Å². The van der Waals surface area contributed by atoms with E-state index >= 15 is 0 Å². The first-order chi connectivity index (χ1) is 14.6. The Balaban J connectivity index is 1.44. The lowest BCUT2D eigenvalue weighted by molar-refractivity contribution is -0.148. The smallest absolute Gasteiger partial charge is 0.247 e. The van der Waals surface area contributed by atoms with Crippen molar-refractivity contribution in [2.45, 2.75) is 63.3 Å².